The monoisotopic (exact) mass is 380 g/mol. The first kappa shape index (κ1) is 16.9. The number of carbonyl (C=O) groups is 1. The van der Waals surface area contributed by atoms with Crippen molar-refractivity contribution in [1.29, 1.82) is 0 Å². The fourth-order valence-corrected chi connectivity index (χ4v) is 2.26. The minimum Gasteiger partial charge on any atom is -0.483 e. The molecule has 0 atom stereocenters. The maximum absolute atomic E-state index is 11.9. The van der Waals surface area contributed by atoms with Crippen LogP contribution in [-0.4, -0.2) is 22.5 Å². The topological polar surface area (TPSA) is 102 Å². The molecule has 0 saturated carbocycles. The van der Waals surface area contributed by atoms with Gasteiger partial charge in [0.1, 0.15) is 5.75 Å². The van der Waals surface area contributed by atoms with Crippen LogP contribution < -0.4 is 10.1 Å². The minimum atomic E-state index is -0.540. The number of nitro groups is 1. The van der Waals surface area contributed by atoms with E-state index in [0.29, 0.717) is 17.0 Å². The lowest BCUT2D eigenvalue weighted by atomic mass is 10.2. The Morgan fingerprint density at radius 2 is 2.09 bits per heavy atom. The summed E-state index contributed by atoms with van der Waals surface area (Å²) in [5.41, 5.74) is 0.743. The number of hydrogen-bond donors (Lipinski definition) is 2. The molecule has 0 unspecified atom stereocenters. The highest BCUT2D eigenvalue weighted by Crippen LogP contribution is 2.23. The van der Waals surface area contributed by atoms with Gasteiger partial charge in [0, 0.05) is 27.9 Å². The number of hydrogen-bond acceptors (Lipinski definition) is 5. The third-order valence-corrected chi connectivity index (χ3v) is 3.39. The lowest BCUT2D eigenvalue weighted by molar-refractivity contribution is -0.384. The minimum absolute atomic E-state index is 0.112. The predicted molar refractivity (Wildman–Crippen MR) is 87.3 cm³/mol. The van der Waals surface area contributed by atoms with Gasteiger partial charge < -0.3 is 15.2 Å². The van der Waals surface area contributed by atoms with Crippen LogP contribution in [0.1, 0.15) is 5.56 Å². The molecule has 0 bridgehead atoms. The highest BCUT2D eigenvalue weighted by Gasteiger charge is 2.10. The normalized spacial score (nSPS) is 10.2. The fraction of sp³-hybridized carbons (Fsp3) is 0.133. The van der Waals surface area contributed by atoms with Crippen LogP contribution in [0.2, 0.25) is 0 Å². The molecule has 2 N–H and O–H groups in total. The van der Waals surface area contributed by atoms with Crippen molar-refractivity contribution >= 4 is 33.2 Å². The Hall–Kier alpha value is -2.45. The molecule has 2 rings (SSSR count). The fourth-order valence-electron chi connectivity index (χ4n) is 1.85. The van der Waals surface area contributed by atoms with E-state index in [2.05, 4.69) is 21.2 Å². The number of carbonyl (C=O) groups excluding carboxylic acids is 1. The highest BCUT2D eigenvalue weighted by atomic mass is 79.9. The van der Waals surface area contributed by atoms with E-state index < -0.39 is 10.8 Å². The molecule has 0 saturated heterocycles. The summed E-state index contributed by atoms with van der Waals surface area (Å²) in [5.74, 6) is -0.0674. The Balaban J connectivity index is 1.98. The molecule has 2 aromatic rings. The Bertz CT molecular complexity index is 736. The van der Waals surface area contributed by atoms with Gasteiger partial charge in [-0.2, -0.15) is 0 Å². The van der Waals surface area contributed by atoms with Crippen LogP contribution in [0.5, 0.6) is 5.75 Å². The molecule has 2 aromatic carbocycles. The molecule has 0 aliphatic carbocycles. The second-order valence-corrected chi connectivity index (χ2v) is 5.47. The third kappa shape index (κ3) is 4.76. The van der Waals surface area contributed by atoms with Gasteiger partial charge in [0.05, 0.1) is 11.5 Å². The third-order valence-electron chi connectivity index (χ3n) is 2.89. The maximum atomic E-state index is 11.9. The van der Waals surface area contributed by atoms with Gasteiger partial charge in [0.25, 0.3) is 11.6 Å². The summed E-state index contributed by atoms with van der Waals surface area (Å²) in [6.07, 6.45) is 0. The van der Waals surface area contributed by atoms with Crippen LogP contribution in [0.4, 0.5) is 11.4 Å². The number of aliphatic hydroxyl groups excluding tert-OH is 1. The number of nitro benzene ring substituents is 1. The van der Waals surface area contributed by atoms with Crippen LogP contribution in [0.25, 0.3) is 0 Å². The lowest BCUT2D eigenvalue weighted by Gasteiger charge is -2.10. The molecule has 0 fully saturated rings. The SMILES string of the molecule is O=C(COc1ccc(Br)cc1CO)Nc1cccc([N+](=O)[O-])c1. The van der Waals surface area contributed by atoms with Gasteiger partial charge in [-0.3, -0.25) is 14.9 Å². The molecule has 0 aliphatic rings. The summed E-state index contributed by atoms with van der Waals surface area (Å²) < 4.78 is 6.15. The zero-order valence-corrected chi connectivity index (χ0v) is 13.4. The molecule has 7 nitrogen and oxygen atoms in total. The molecule has 120 valence electrons. The van der Waals surface area contributed by atoms with E-state index in [-0.39, 0.29) is 18.9 Å². The van der Waals surface area contributed by atoms with Gasteiger partial charge >= 0.3 is 0 Å². The van der Waals surface area contributed by atoms with Gasteiger partial charge in [0.15, 0.2) is 6.61 Å². The highest BCUT2D eigenvalue weighted by molar-refractivity contribution is 9.10. The number of anilines is 1. The van der Waals surface area contributed by atoms with Crippen LogP contribution in [-0.2, 0) is 11.4 Å². The van der Waals surface area contributed by atoms with E-state index >= 15 is 0 Å². The quantitative estimate of drug-likeness (QED) is 0.592. The van der Waals surface area contributed by atoms with Crippen molar-refractivity contribution in [2.45, 2.75) is 6.61 Å². The zero-order valence-electron chi connectivity index (χ0n) is 11.9. The summed E-state index contributed by atoms with van der Waals surface area (Å²) in [6.45, 7) is -0.501. The van der Waals surface area contributed by atoms with Gasteiger partial charge in [0.2, 0.25) is 0 Å². The van der Waals surface area contributed by atoms with E-state index in [1.807, 2.05) is 0 Å². The summed E-state index contributed by atoms with van der Waals surface area (Å²) >= 11 is 3.28. The number of nitrogens with one attached hydrogen (secondary N) is 1. The Morgan fingerprint density at radius 1 is 1.30 bits per heavy atom. The van der Waals surface area contributed by atoms with Crippen molar-refractivity contribution in [3.63, 3.8) is 0 Å². The van der Waals surface area contributed by atoms with Crippen molar-refractivity contribution in [2.75, 3.05) is 11.9 Å². The van der Waals surface area contributed by atoms with Gasteiger partial charge in [-0.25, -0.2) is 0 Å². The molecule has 1 amide bonds. The number of non-ortho nitro benzene ring substituents is 1. The van der Waals surface area contributed by atoms with Crippen molar-refractivity contribution in [3.05, 3.63) is 62.6 Å². The second kappa shape index (κ2) is 7.70. The van der Waals surface area contributed by atoms with E-state index in [9.17, 15) is 20.0 Å². The predicted octanol–water partition coefficient (Wildman–Crippen LogP) is 2.87. The number of nitrogens with zero attached hydrogens (tertiary/aromatic N) is 1. The molecule has 0 radical (unpaired) electrons. The average molecular weight is 381 g/mol. The van der Waals surface area contributed by atoms with Gasteiger partial charge in [-0.15, -0.1) is 0 Å². The number of ether oxygens (including phenoxy) is 1. The number of amides is 1. The largest absolute Gasteiger partial charge is 0.483 e. The van der Waals surface area contributed by atoms with Gasteiger partial charge in [-0.05, 0) is 24.3 Å². The summed E-state index contributed by atoms with van der Waals surface area (Å²) in [4.78, 5) is 22.0. The summed E-state index contributed by atoms with van der Waals surface area (Å²) in [7, 11) is 0. The second-order valence-electron chi connectivity index (χ2n) is 4.55. The summed E-state index contributed by atoms with van der Waals surface area (Å²) in [5, 5.41) is 22.5. The standard InChI is InChI=1S/C15H13BrN2O5/c16-11-4-5-14(10(6-11)8-19)23-9-15(20)17-12-2-1-3-13(7-12)18(21)22/h1-7,19H,8-9H2,(H,17,20). The molecule has 0 aliphatic heterocycles. The van der Waals surface area contributed by atoms with Gasteiger partial charge in [-0.1, -0.05) is 22.0 Å². The van der Waals surface area contributed by atoms with Crippen molar-refractivity contribution in [3.8, 4) is 5.75 Å². The smallest absolute Gasteiger partial charge is 0.271 e. The van der Waals surface area contributed by atoms with Crippen molar-refractivity contribution in [2.24, 2.45) is 0 Å². The molecule has 8 heteroatoms. The Labute approximate surface area is 140 Å². The van der Waals surface area contributed by atoms with Crippen molar-refractivity contribution in [1.82, 2.24) is 0 Å². The molecule has 23 heavy (non-hydrogen) atoms. The summed E-state index contributed by atoms with van der Waals surface area (Å²) in [6, 6.07) is 10.7. The molecule has 0 spiro atoms. The first-order valence-electron chi connectivity index (χ1n) is 6.56. The van der Waals surface area contributed by atoms with E-state index in [1.165, 1.54) is 18.2 Å². The first-order chi connectivity index (χ1) is 11.0. The van der Waals surface area contributed by atoms with E-state index in [1.54, 1.807) is 24.3 Å². The van der Waals surface area contributed by atoms with E-state index in [4.69, 9.17) is 4.74 Å². The average Bonchev–Trinajstić information content (AvgIpc) is 2.53. The number of rotatable bonds is 6. The molecule has 0 aromatic heterocycles. The van der Waals surface area contributed by atoms with Crippen LogP contribution in [0.3, 0.4) is 0 Å². The van der Waals surface area contributed by atoms with Crippen molar-refractivity contribution < 1.29 is 19.6 Å². The Kier molecular flexibility index (Phi) is 5.67. The number of benzene rings is 2. The first-order valence-corrected chi connectivity index (χ1v) is 7.35. The van der Waals surface area contributed by atoms with Crippen LogP contribution in [0.15, 0.2) is 46.9 Å². The molecular weight excluding hydrogens is 368 g/mol. The molecular formula is C15H13BrN2O5. The zero-order chi connectivity index (χ0) is 16.8. The molecule has 0 heterocycles. The number of halogens is 1. The van der Waals surface area contributed by atoms with E-state index in [0.717, 1.165) is 4.47 Å². The van der Waals surface area contributed by atoms with Crippen LogP contribution in [0, 0.1) is 10.1 Å². The number of aliphatic hydroxyl groups is 1. The van der Waals surface area contributed by atoms with Crippen LogP contribution >= 0.6 is 15.9 Å². The maximum Gasteiger partial charge on any atom is 0.271 e. The lowest BCUT2D eigenvalue weighted by Crippen LogP contribution is -2.20. The Morgan fingerprint density at radius 3 is 2.78 bits per heavy atom.